The van der Waals surface area contributed by atoms with Crippen molar-refractivity contribution in [1.82, 2.24) is 9.55 Å². The van der Waals surface area contributed by atoms with Crippen LogP contribution < -0.4 is 16.2 Å². The molecule has 116 valence electrons. The van der Waals surface area contributed by atoms with Crippen LogP contribution in [0, 0.1) is 5.92 Å². The van der Waals surface area contributed by atoms with Gasteiger partial charge in [-0.05, 0) is 18.8 Å². The van der Waals surface area contributed by atoms with Gasteiger partial charge < -0.3 is 20.4 Å². The molecule has 1 aliphatic rings. The van der Waals surface area contributed by atoms with Crippen LogP contribution in [0.5, 0.6) is 0 Å². The molecule has 0 unspecified atom stereocenters. The van der Waals surface area contributed by atoms with Crippen LogP contribution in [-0.2, 0) is 6.54 Å². The van der Waals surface area contributed by atoms with E-state index in [-0.39, 0.29) is 11.4 Å². The van der Waals surface area contributed by atoms with Crippen LogP contribution in [-0.4, -0.2) is 33.2 Å². The monoisotopic (exact) mass is 293 g/mol. The van der Waals surface area contributed by atoms with Gasteiger partial charge in [-0.15, -0.1) is 0 Å². The van der Waals surface area contributed by atoms with Crippen LogP contribution in [0.1, 0.15) is 33.1 Å². The number of nitrogens with zero attached hydrogens (tertiary/aromatic N) is 4. The van der Waals surface area contributed by atoms with Crippen molar-refractivity contribution < 1.29 is 5.21 Å². The van der Waals surface area contributed by atoms with Crippen LogP contribution in [0.3, 0.4) is 0 Å². The third-order valence-electron chi connectivity index (χ3n) is 3.45. The molecule has 0 spiro atoms. The average Bonchev–Trinajstić information content (AvgIpc) is 3.26. The normalized spacial score (nSPS) is 15.5. The summed E-state index contributed by atoms with van der Waals surface area (Å²) in [4.78, 5) is 18.8. The Hall–Kier alpha value is -2.05. The van der Waals surface area contributed by atoms with Crippen LogP contribution in [0.25, 0.3) is 0 Å². The van der Waals surface area contributed by atoms with Crippen LogP contribution in [0.4, 0.5) is 5.82 Å². The van der Waals surface area contributed by atoms with Gasteiger partial charge in [0.25, 0.3) is 5.56 Å². The minimum Gasteiger partial charge on any atom is -0.409 e. The van der Waals surface area contributed by atoms with Gasteiger partial charge in [0.05, 0.1) is 0 Å². The first-order valence-electron chi connectivity index (χ1n) is 7.31. The molecule has 3 N–H and O–H groups in total. The summed E-state index contributed by atoms with van der Waals surface area (Å²) in [6.45, 7) is 5.36. The van der Waals surface area contributed by atoms with E-state index in [4.69, 9.17) is 10.9 Å². The molecular weight excluding hydrogens is 270 g/mol. The molecule has 1 aromatic heterocycles. The lowest BCUT2D eigenvalue weighted by Crippen LogP contribution is -2.37. The summed E-state index contributed by atoms with van der Waals surface area (Å²) < 4.78 is 1.70. The molecule has 0 aromatic carbocycles. The Kier molecular flexibility index (Phi) is 4.82. The quantitative estimate of drug-likeness (QED) is 0.338. The molecule has 7 nitrogen and oxygen atoms in total. The van der Waals surface area contributed by atoms with E-state index in [2.05, 4.69) is 24.0 Å². The van der Waals surface area contributed by atoms with Gasteiger partial charge in [-0.2, -0.15) is 0 Å². The summed E-state index contributed by atoms with van der Waals surface area (Å²) in [7, 11) is 0. The highest BCUT2D eigenvalue weighted by Gasteiger charge is 2.31. The van der Waals surface area contributed by atoms with Crippen molar-refractivity contribution in [3.8, 4) is 0 Å². The van der Waals surface area contributed by atoms with E-state index in [1.807, 2.05) is 4.90 Å². The van der Waals surface area contributed by atoms with Crippen molar-refractivity contribution in [2.75, 3.05) is 11.4 Å². The van der Waals surface area contributed by atoms with E-state index < -0.39 is 0 Å². The summed E-state index contributed by atoms with van der Waals surface area (Å²) in [6.07, 6.45) is 5.90. The van der Waals surface area contributed by atoms with Gasteiger partial charge in [0, 0.05) is 37.9 Å². The molecule has 0 bridgehead atoms. The average molecular weight is 293 g/mol. The Balaban J connectivity index is 2.22. The predicted octanol–water partition coefficient (Wildman–Crippen LogP) is 1.00. The van der Waals surface area contributed by atoms with E-state index in [1.54, 1.807) is 17.0 Å². The summed E-state index contributed by atoms with van der Waals surface area (Å²) in [5.41, 5.74) is 5.45. The zero-order chi connectivity index (χ0) is 15.4. The van der Waals surface area contributed by atoms with E-state index >= 15 is 0 Å². The second kappa shape index (κ2) is 6.60. The van der Waals surface area contributed by atoms with Gasteiger partial charge in [-0.25, -0.2) is 4.98 Å². The standard InChI is InChI=1S/C14H23N5O2/c1-10(2)9-18-8-6-16-13(14(18)20)19(11-3-4-11)7-5-12(15)17-21/h6,8,10-11,21H,3-5,7,9H2,1-2H3,(H2,15,17). The highest BCUT2D eigenvalue weighted by atomic mass is 16.4. The number of aromatic nitrogens is 2. The van der Waals surface area contributed by atoms with E-state index in [0.29, 0.717) is 37.3 Å². The van der Waals surface area contributed by atoms with Crippen molar-refractivity contribution in [2.45, 2.75) is 45.7 Å². The number of oxime groups is 1. The summed E-state index contributed by atoms with van der Waals surface area (Å²) >= 11 is 0. The van der Waals surface area contributed by atoms with Gasteiger partial charge in [-0.1, -0.05) is 19.0 Å². The molecule has 1 heterocycles. The first kappa shape index (κ1) is 15.3. The van der Waals surface area contributed by atoms with Gasteiger partial charge in [0.15, 0.2) is 5.82 Å². The van der Waals surface area contributed by atoms with Crippen LogP contribution >= 0.6 is 0 Å². The summed E-state index contributed by atoms with van der Waals surface area (Å²) in [5, 5.41) is 11.6. The zero-order valence-corrected chi connectivity index (χ0v) is 12.6. The van der Waals surface area contributed by atoms with Crippen molar-refractivity contribution in [3.05, 3.63) is 22.7 Å². The smallest absolute Gasteiger partial charge is 0.293 e. The molecule has 1 fully saturated rings. The molecule has 7 heteroatoms. The number of nitrogens with two attached hydrogens (primary N) is 1. The fourth-order valence-corrected chi connectivity index (χ4v) is 2.30. The summed E-state index contributed by atoms with van der Waals surface area (Å²) in [5.74, 6) is 1.02. The SMILES string of the molecule is CC(C)Cn1ccnc(N(CCC(N)=NO)C2CC2)c1=O. The minimum atomic E-state index is -0.0717. The largest absolute Gasteiger partial charge is 0.409 e. The number of anilines is 1. The molecule has 2 rings (SSSR count). The third kappa shape index (κ3) is 3.96. The van der Waals surface area contributed by atoms with Gasteiger partial charge in [-0.3, -0.25) is 4.79 Å². The second-order valence-electron chi connectivity index (χ2n) is 5.87. The molecule has 0 amide bonds. The van der Waals surface area contributed by atoms with Crippen molar-refractivity contribution in [2.24, 2.45) is 16.8 Å². The number of amidine groups is 1. The maximum absolute atomic E-state index is 12.5. The molecule has 0 atom stereocenters. The lowest BCUT2D eigenvalue weighted by Gasteiger charge is -2.23. The topological polar surface area (TPSA) is 96.7 Å². The fraction of sp³-hybridized carbons (Fsp3) is 0.643. The van der Waals surface area contributed by atoms with E-state index in [1.165, 1.54) is 0 Å². The Bertz CT molecular complexity index is 563. The molecule has 1 saturated carbocycles. The van der Waals surface area contributed by atoms with Crippen molar-refractivity contribution >= 4 is 11.7 Å². The Morgan fingerprint density at radius 2 is 2.33 bits per heavy atom. The predicted molar refractivity (Wildman–Crippen MR) is 81.7 cm³/mol. The number of hydrogen-bond acceptors (Lipinski definition) is 5. The van der Waals surface area contributed by atoms with Crippen molar-refractivity contribution in [3.63, 3.8) is 0 Å². The lowest BCUT2D eigenvalue weighted by atomic mass is 10.2. The Morgan fingerprint density at radius 3 is 2.90 bits per heavy atom. The summed E-state index contributed by atoms with van der Waals surface area (Å²) in [6, 6.07) is 0.339. The van der Waals surface area contributed by atoms with Crippen LogP contribution in [0.2, 0.25) is 0 Å². The zero-order valence-electron chi connectivity index (χ0n) is 12.6. The first-order chi connectivity index (χ1) is 10.0. The molecule has 0 radical (unpaired) electrons. The highest BCUT2D eigenvalue weighted by Crippen LogP contribution is 2.29. The molecule has 1 aromatic rings. The van der Waals surface area contributed by atoms with Crippen LogP contribution in [0.15, 0.2) is 22.3 Å². The molecule has 0 saturated heterocycles. The van der Waals surface area contributed by atoms with Gasteiger partial charge in [0.2, 0.25) is 0 Å². The maximum atomic E-state index is 12.5. The Labute approximate surface area is 124 Å². The molecule has 0 aliphatic heterocycles. The van der Waals surface area contributed by atoms with E-state index in [9.17, 15) is 4.79 Å². The lowest BCUT2D eigenvalue weighted by molar-refractivity contribution is 0.317. The van der Waals surface area contributed by atoms with Gasteiger partial charge in [0.1, 0.15) is 5.84 Å². The molecule has 21 heavy (non-hydrogen) atoms. The van der Waals surface area contributed by atoms with E-state index in [0.717, 1.165) is 12.8 Å². The highest BCUT2D eigenvalue weighted by molar-refractivity contribution is 5.80. The number of rotatable bonds is 7. The fourth-order valence-electron chi connectivity index (χ4n) is 2.30. The molecule has 1 aliphatic carbocycles. The Morgan fingerprint density at radius 1 is 1.62 bits per heavy atom. The minimum absolute atomic E-state index is 0.0717. The maximum Gasteiger partial charge on any atom is 0.293 e. The molecular formula is C14H23N5O2. The first-order valence-corrected chi connectivity index (χ1v) is 7.31. The van der Waals surface area contributed by atoms with Crippen molar-refractivity contribution in [1.29, 1.82) is 0 Å². The van der Waals surface area contributed by atoms with Gasteiger partial charge >= 0.3 is 0 Å². The number of hydrogen-bond donors (Lipinski definition) is 2. The second-order valence-corrected chi connectivity index (χ2v) is 5.87. The third-order valence-corrected chi connectivity index (χ3v) is 3.45.